The van der Waals surface area contributed by atoms with Crippen LogP contribution in [0.4, 0.5) is 0 Å². The number of terminal acetylenes is 1. The minimum Gasteiger partial charge on any atom is -0.391 e. The van der Waals surface area contributed by atoms with Crippen LogP contribution in [-0.2, 0) is 0 Å². The zero-order chi connectivity index (χ0) is 8.10. The first-order valence-corrected chi connectivity index (χ1v) is 5.86. The van der Waals surface area contributed by atoms with Crippen LogP contribution in [0.15, 0.2) is 0 Å². The van der Waals surface area contributed by atoms with Crippen molar-refractivity contribution in [2.75, 3.05) is 17.3 Å². The molecule has 2 atom stereocenters. The highest BCUT2D eigenvalue weighted by Crippen LogP contribution is 2.27. The van der Waals surface area contributed by atoms with E-state index in [0.717, 1.165) is 11.5 Å². The Kier molecular flexibility index (Phi) is 4.21. The van der Waals surface area contributed by atoms with E-state index in [1.54, 1.807) is 0 Å². The Morgan fingerprint density at radius 2 is 2.45 bits per heavy atom. The van der Waals surface area contributed by atoms with E-state index < -0.39 is 0 Å². The van der Waals surface area contributed by atoms with Gasteiger partial charge in [-0.3, -0.25) is 0 Å². The summed E-state index contributed by atoms with van der Waals surface area (Å²) in [5, 5.41) is 9.86. The quantitative estimate of drug-likeness (QED) is 0.658. The molecular weight excluding hydrogens is 176 g/mol. The predicted octanol–water partition coefficient (Wildman–Crippen LogP) is 1.22. The third-order valence-corrected chi connectivity index (χ3v) is 4.50. The summed E-state index contributed by atoms with van der Waals surface area (Å²) >= 11 is 3.75. The lowest BCUT2D eigenvalue weighted by Gasteiger charge is -2.24. The highest BCUT2D eigenvalue weighted by molar-refractivity contribution is 8.06. The molecule has 0 aromatic carbocycles. The summed E-state index contributed by atoms with van der Waals surface area (Å²) < 4.78 is 0. The molecule has 1 rings (SSSR count). The van der Waals surface area contributed by atoms with Crippen molar-refractivity contribution in [1.82, 2.24) is 0 Å². The molecule has 1 aliphatic heterocycles. The average Bonchev–Trinajstić information content (AvgIpc) is 2.07. The Labute approximate surface area is 76.3 Å². The van der Waals surface area contributed by atoms with Gasteiger partial charge in [0.25, 0.3) is 0 Å². The summed E-state index contributed by atoms with van der Waals surface area (Å²) in [5.74, 6) is 5.90. The van der Waals surface area contributed by atoms with Crippen molar-refractivity contribution in [1.29, 1.82) is 0 Å². The molecule has 0 aliphatic carbocycles. The molecule has 0 amide bonds. The Hall–Kier alpha value is 0.220. The first-order chi connectivity index (χ1) is 5.34. The minimum atomic E-state index is -0.294. The Bertz CT molecular complexity index is 147. The maximum Gasteiger partial charge on any atom is 0.0775 e. The second-order valence-electron chi connectivity index (χ2n) is 2.46. The Morgan fingerprint density at radius 3 is 3.00 bits per heavy atom. The smallest absolute Gasteiger partial charge is 0.0775 e. The molecule has 0 spiro atoms. The fourth-order valence-corrected chi connectivity index (χ4v) is 3.75. The van der Waals surface area contributed by atoms with Crippen molar-refractivity contribution >= 4 is 23.5 Å². The first kappa shape index (κ1) is 9.31. The fraction of sp³-hybridized carbons (Fsp3) is 0.750. The van der Waals surface area contributed by atoms with E-state index in [0.29, 0.717) is 11.7 Å². The van der Waals surface area contributed by atoms with Crippen LogP contribution in [-0.4, -0.2) is 33.7 Å². The third kappa shape index (κ3) is 2.98. The van der Waals surface area contributed by atoms with Gasteiger partial charge in [0.2, 0.25) is 0 Å². The molecule has 1 fully saturated rings. The van der Waals surface area contributed by atoms with Crippen LogP contribution < -0.4 is 0 Å². The molecule has 0 radical (unpaired) electrons. The molecule has 1 N–H and O–H groups in total. The maximum absolute atomic E-state index is 9.50. The van der Waals surface area contributed by atoms with Crippen LogP contribution in [0.3, 0.4) is 0 Å². The monoisotopic (exact) mass is 188 g/mol. The van der Waals surface area contributed by atoms with Crippen molar-refractivity contribution < 1.29 is 5.11 Å². The van der Waals surface area contributed by atoms with Crippen LogP contribution in [0.25, 0.3) is 0 Å². The first-order valence-electron chi connectivity index (χ1n) is 3.65. The van der Waals surface area contributed by atoms with Crippen LogP contribution >= 0.6 is 23.5 Å². The summed E-state index contributed by atoms with van der Waals surface area (Å²) in [6.07, 6.45) is 5.31. The lowest BCUT2D eigenvalue weighted by atomic mass is 10.2. The Balaban J connectivity index is 2.27. The van der Waals surface area contributed by atoms with E-state index >= 15 is 0 Å². The summed E-state index contributed by atoms with van der Waals surface area (Å²) in [5.41, 5.74) is 0. The predicted molar refractivity (Wildman–Crippen MR) is 53.0 cm³/mol. The summed E-state index contributed by atoms with van der Waals surface area (Å²) in [6.45, 7) is 0. The molecule has 2 unspecified atom stereocenters. The zero-order valence-corrected chi connectivity index (χ0v) is 7.96. The molecule has 0 aromatic heterocycles. The second-order valence-corrected chi connectivity index (χ2v) is 4.96. The van der Waals surface area contributed by atoms with Gasteiger partial charge in [0.1, 0.15) is 0 Å². The van der Waals surface area contributed by atoms with Gasteiger partial charge in [-0.15, -0.1) is 12.3 Å². The molecule has 1 aliphatic rings. The molecule has 3 heteroatoms. The molecular formula is C8H12OS2. The van der Waals surface area contributed by atoms with Gasteiger partial charge in [-0.25, -0.2) is 0 Å². The summed E-state index contributed by atoms with van der Waals surface area (Å²) in [7, 11) is 0. The largest absolute Gasteiger partial charge is 0.391 e. The number of aliphatic hydroxyl groups is 1. The van der Waals surface area contributed by atoms with E-state index in [4.69, 9.17) is 6.42 Å². The van der Waals surface area contributed by atoms with Crippen molar-refractivity contribution in [2.45, 2.75) is 17.8 Å². The Morgan fingerprint density at radius 1 is 1.64 bits per heavy atom. The number of hydrogen-bond acceptors (Lipinski definition) is 3. The number of thioether (sulfide) groups is 2. The molecule has 62 valence electrons. The average molecular weight is 188 g/mol. The molecule has 0 bridgehead atoms. The van der Waals surface area contributed by atoms with Gasteiger partial charge >= 0.3 is 0 Å². The number of hydrogen-bond donors (Lipinski definition) is 1. The number of aliphatic hydroxyl groups excluding tert-OH is 1. The van der Waals surface area contributed by atoms with Gasteiger partial charge in [-0.05, 0) is 0 Å². The normalized spacial score (nSPS) is 27.5. The molecule has 0 aromatic rings. The molecule has 1 saturated heterocycles. The van der Waals surface area contributed by atoms with Crippen LogP contribution in [0, 0.1) is 12.3 Å². The second kappa shape index (κ2) is 4.97. The molecule has 1 nitrogen and oxygen atoms in total. The van der Waals surface area contributed by atoms with Gasteiger partial charge < -0.3 is 5.11 Å². The number of rotatable bonds is 2. The van der Waals surface area contributed by atoms with E-state index in [2.05, 4.69) is 5.92 Å². The topological polar surface area (TPSA) is 20.2 Å². The van der Waals surface area contributed by atoms with Gasteiger partial charge in [-0.2, -0.15) is 23.5 Å². The zero-order valence-electron chi connectivity index (χ0n) is 6.32. The van der Waals surface area contributed by atoms with E-state index in [9.17, 15) is 5.11 Å². The lowest BCUT2D eigenvalue weighted by Crippen LogP contribution is -2.28. The van der Waals surface area contributed by atoms with Crippen LogP contribution in [0.5, 0.6) is 0 Å². The van der Waals surface area contributed by atoms with Gasteiger partial charge in [0.15, 0.2) is 0 Å². The van der Waals surface area contributed by atoms with E-state index in [1.807, 2.05) is 23.5 Å². The molecule has 0 saturated carbocycles. The minimum absolute atomic E-state index is 0.294. The summed E-state index contributed by atoms with van der Waals surface area (Å²) in [4.78, 5) is 0. The van der Waals surface area contributed by atoms with E-state index in [-0.39, 0.29) is 6.10 Å². The van der Waals surface area contributed by atoms with Gasteiger partial charge in [0.05, 0.1) is 6.10 Å². The standard InChI is InChI=1S/C8H12OS2/c1-2-3-7(9)8-6-10-4-5-11-8/h1,7-9H,3-6H2. The molecule has 11 heavy (non-hydrogen) atoms. The van der Waals surface area contributed by atoms with Gasteiger partial charge in [-0.1, -0.05) is 0 Å². The van der Waals surface area contributed by atoms with Crippen LogP contribution in [0.2, 0.25) is 0 Å². The highest BCUT2D eigenvalue weighted by atomic mass is 32.2. The van der Waals surface area contributed by atoms with Crippen LogP contribution in [0.1, 0.15) is 6.42 Å². The van der Waals surface area contributed by atoms with Crippen molar-refractivity contribution in [3.8, 4) is 12.3 Å². The lowest BCUT2D eigenvalue weighted by molar-refractivity contribution is 0.183. The summed E-state index contributed by atoms with van der Waals surface area (Å²) in [6, 6.07) is 0. The molecule has 1 heterocycles. The highest BCUT2D eigenvalue weighted by Gasteiger charge is 2.21. The fourth-order valence-electron chi connectivity index (χ4n) is 0.980. The van der Waals surface area contributed by atoms with Crippen molar-refractivity contribution in [2.24, 2.45) is 0 Å². The SMILES string of the molecule is C#CCC(O)C1CSCCS1. The van der Waals surface area contributed by atoms with E-state index in [1.165, 1.54) is 5.75 Å². The van der Waals surface area contributed by atoms with Gasteiger partial charge in [0, 0.05) is 28.9 Å². The third-order valence-electron chi connectivity index (χ3n) is 1.60. The van der Waals surface area contributed by atoms with Crippen molar-refractivity contribution in [3.05, 3.63) is 0 Å². The maximum atomic E-state index is 9.50. The van der Waals surface area contributed by atoms with Crippen molar-refractivity contribution in [3.63, 3.8) is 0 Å².